The third-order valence-electron chi connectivity index (χ3n) is 2.82. The van der Waals surface area contributed by atoms with Crippen LogP contribution in [0.5, 0.6) is 11.6 Å². The van der Waals surface area contributed by atoms with Crippen LogP contribution in [0.3, 0.4) is 0 Å². The molecular formula is C13H10N6O4S. The van der Waals surface area contributed by atoms with Gasteiger partial charge < -0.3 is 16.2 Å². The number of amides is 1. The van der Waals surface area contributed by atoms with Gasteiger partial charge in [0.2, 0.25) is 11.7 Å². The molecule has 0 unspecified atom stereocenters. The van der Waals surface area contributed by atoms with E-state index in [1.807, 2.05) is 6.07 Å². The molecular weight excluding hydrogens is 336 g/mol. The van der Waals surface area contributed by atoms with E-state index < -0.39 is 16.5 Å². The molecule has 11 heteroatoms. The Morgan fingerprint density at radius 1 is 1.46 bits per heavy atom. The Hall–Kier alpha value is -3.39. The van der Waals surface area contributed by atoms with E-state index in [0.29, 0.717) is 0 Å². The summed E-state index contributed by atoms with van der Waals surface area (Å²) in [5, 5.41) is 20.3. The van der Waals surface area contributed by atoms with Gasteiger partial charge in [-0.15, -0.1) is 0 Å². The smallest absolute Gasteiger partial charge is 0.373 e. The number of aromatic nitrogens is 2. The summed E-state index contributed by atoms with van der Waals surface area (Å²) in [6.07, 6.45) is 1.66. The molecule has 122 valence electrons. The van der Waals surface area contributed by atoms with Crippen molar-refractivity contribution in [3.63, 3.8) is 0 Å². The van der Waals surface area contributed by atoms with E-state index in [9.17, 15) is 14.9 Å². The highest BCUT2D eigenvalue weighted by molar-refractivity contribution is 7.98. The maximum absolute atomic E-state index is 11.4. The van der Waals surface area contributed by atoms with Gasteiger partial charge in [-0.3, -0.25) is 14.9 Å². The minimum absolute atomic E-state index is 0.0380. The van der Waals surface area contributed by atoms with Gasteiger partial charge in [0.15, 0.2) is 5.16 Å². The van der Waals surface area contributed by atoms with Gasteiger partial charge in [-0.2, -0.15) is 15.2 Å². The number of hydrogen-bond donors (Lipinski definition) is 2. The van der Waals surface area contributed by atoms with Crippen molar-refractivity contribution in [2.75, 3.05) is 12.0 Å². The zero-order valence-electron chi connectivity index (χ0n) is 12.2. The van der Waals surface area contributed by atoms with Crippen LogP contribution in [0, 0.1) is 21.4 Å². The average molecular weight is 346 g/mol. The number of nitrogen functional groups attached to an aromatic ring is 1. The summed E-state index contributed by atoms with van der Waals surface area (Å²) in [4.78, 5) is 29.4. The molecule has 0 aliphatic rings. The molecule has 0 spiro atoms. The van der Waals surface area contributed by atoms with Crippen LogP contribution in [0.25, 0.3) is 0 Å². The fraction of sp³-hybridized carbons (Fsp3) is 0.0769. The van der Waals surface area contributed by atoms with E-state index in [4.69, 9.17) is 21.5 Å². The highest BCUT2D eigenvalue weighted by atomic mass is 32.2. The molecule has 1 amide bonds. The zero-order valence-corrected chi connectivity index (χ0v) is 13.0. The second-order valence-electron chi connectivity index (χ2n) is 4.29. The molecule has 24 heavy (non-hydrogen) atoms. The first-order chi connectivity index (χ1) is 11.4. The van der Waals surface area contributed by atoms with Crippen LogP contribution >= 0.6 is 11.8 Å². The van der Waals surface area contributed by atoms with Crippen LogP contribution < -0.4 is 16.2 Å². The number of carbonyl (C=O) groups excluding carboxylic acids is 1. The highest BCUT2D eigenvalue weighted by Gasteiger charge is 2.25. The lowest BCUT2D eigenvalue weighted by Gasteiger charge is -2.09. The van der Waals surface area contributed by atoms with Crippen molar-refractivity contribution in [3.05, 3.63) is 39.4 Å². The number of hydrogen-bond acceptors (Lipinski definition) is 9. The van der Waals surface area contributed by atoms with E-state index in [0.717, 1.165) is 11.8 Å². The number of nitrogens with zero attached hydrogens (tertiary/aromatic N) is 4. The summed E-state index contributed by atoms with van der Waals surface area (Å²) in [5.41, 5.74) is 10.1. The molecule has 2 rings (SSSR count). The van der Waals surface area contributed by atoms with Gasteiger partial charge in [-0.1, -0.05) is 11.8 Å². The Morgan fingerprint density at radius 3 is 2.71 bits per heavy atom. The first-order valence-corrected chi connectivity index (χ1v) is 7.47. The standard InChI is InChI=1S/C13H10N6O4S/c1-24-13-17-10(15)9(19(21)22)12(18-13)23-7-3-2-6(5-14)8(4-7)11(16)20/h2-4H,1H3,(H2,16,20)(H2,15,17,18). The summed E-state index contributed by atoms with van der Waals surface area (Å²) in [7, 11) is 0. The average Bonchev–Trinajstić information content (AvgIpc) is 2.53. The van der Waals surface area contributed by atoms with E-state index in [1.165, 1.54) is 18.2 Å². The number of nitrogens with two attached hydrogens (primary N) is 2. The fourth-order valence-electron chi connectivity index (χ4n) is 1.76. The van der Waals surface area contributed by atoms with Crippen molar-refractivity contribution in [1.29, 1.82) is 5.26 Å². The van der Waals surface area contributed by atoms with Crippen molar-refractivity contribution in [3.8, 4) is 17.7 Å². The SMILES string of the molecule is CSc1nc(N)c([N+](=O)[O-])c(Oc2ccc(C#N)c(C(N)=O)c2)n1. The Balaban J connectivity index is 2.54. The monoisotopic (exact) mass is 346 g/mol. The lowest BCUT2D eigenvalue weighted by atomic mass is 10.1. The number of thioether (sulfide) groups is 1. The van der Waals surface area contributed by atoms with Gasteiger partial charge in [0.1, 0.15) is 5.75 Å². The minimum atomic E-state index is -0.835. The summed E-state index contributed by atoms with van der Waals surface area (Å²) in [6.45, 7) is 0. The molecule has 0 bridgehead atoms. The molecule has 0 atom stereocenters. The summed E-state index contributed by atoms with van der Waals surface area (Å²) in [6, 6.07) is 5.67. The Bertz CT molecular complexity index is 879. The van der Waals surface area contributed by atoms with Gasteiger partial charge in [-0.25, -0.2) is 0 Å². The molecule has 1 aromatic carbocycles. The van der Waals surface area contributed by atoms with Crippen molar-refractivity contribution < 1.29 is 14.5 Å². The third-order valence-corrected chi connectivity index (χ3v) is 3.36. The summed E-state index contributed by atoms with van der Waals surface area (Å²) < 4.78 is 5.38. The fourth-order valence-corrected chi connectivity index (χ4v) is 2.13. The number of benzene rings is 1. The van der Waals surface area contributed by atoms with Gasteiger partial charge in [-0.05, 0) is 24.5 Å². The van der Waals surface area contributed by atoms with E-state index >= 15 is 0 Å². The van der Waals surface area contributed by atoms with E-state index in [-0.39, 0.29) is 33.7 Å². The normalized spacial score (nSPS) is 10.0. The molecule has 0 saturated carbocycles. The van der Waals surface area contributed by atoms with Gasteiger partial charge in [0.05, 0.1) is 22.1 Å². The molecule has 1 aromatic heterocycles. The largest absolute Gasteiger partial charge is 0.433 e. The van der Waals surface area contributed by atoms with Crippen LogP contribution in [-0.2, 0) is 0 Å². The molecule has 2 aromatic rings. The summed E-state index contributed by atoms with van der Waals surface area (Å²) in [5.74, 6) is -1.52. The number of nitro groups is 1. The highest BCUT2D eigenvalue weighted by Crippen LogP contribution is 2.35. The maximum atomic E-state index is 11.4. The van der Waals surface area contributed by atoms with Crippen LogP contribution in [0.2, 0.25) is 0 Å². The molecule has 0 fully saturated rings. The van der Waals surface area contributed by atoms with E-state index in [1.54, 1.807) is 6.26 Å². The molecule has 0 saturated heterocycles. The molecule has 0 radical (unpaired) electrons. The Labute approximate surface area is 139 Å². The second kappa shape index (κ2) is 6.80. The zero-order chi connectivity index (χ0) is 17.9. The molecule has 4 N–H and O–H groups in total. The predicted octanol–water partition coefficient (Wildman–Crippen LogP) is 1.45. The number of nitriles is 1. The number of primary amides is 1. The number of rotatable bonds is 5. The second-order valence-corrected chi connectivity index (χ2v) is 5.07. The van der Waals surface area contributed by atoms with Gasteiger partial charge in [0, 0.05) is 0 Å². The molecule has 0 aliphatic heterocycles. The van der Waals surface area contributed by atoms with Gasteiger partial charge >= 0.3 is 11.6 Å². The number of carbonyl (C=O) groups is 1. The Kier molecular flexibility index (Phi) is 4.81. The predicted molar refractivity (Wildman–Crippen MR) is 84.6 cm³/mol. The van der Waals surface area contributed by atoms with E-state index in [2.05, 4.69) is 9.97 Å². The number of ether oxygens (including phenoxy) is 1. The van der Waals surface area contributed by atoms with Crippen LogP contribution in [0.15, 0.2) is 23.4 Å². The lowest BCUT2D eigenvalue weighted by Crippen LogP contribution is -2.13. The summed E-state index contributed by atoms with van der Waals surface area (Å²) >= 11 is 1.12. The third kappa shape index (κ3) is 3.33. The molecule has 1 heterocycles. The molecule has 0 aliphatic carbocycles. The van der Waals surface area contributed by atoms with Crippen LogP contribution in [0.1, 0.15) is 15.9 Å². The van der Waals surface area contributed by atoms with Crippen molar-refractivity contribution in [2.45, 2.75) is 5.16 Å². The van der Waals surface area contributed by atoms with Crippen molar-refractivity contribution >= 4 is 29.2 Å². The first kappa shape index (κ1) is 17.0. The van der Waals surface area contributed by atoms with Crippen molar-refractivity contribution in [1.82, 2.24) is 9.97 Å². The quantitative estimate of drug-likeness (QED) is 0.351. The first-order valence-electron chi connectivity index (χ1n) is 6.25. The molecule has 10 nitrogen and oxygen atoms in total. The van der Waals surface area contributed by atoms with Gasteiger partial charge in [0.25, 0.3) is 0 Å². The van der Waals surface area contributed by atoms with Crippen LogP contribution in [0.4, 0.5) is 11.5 Å². The topological polar surface area (TPSA) is 171 Å². The van der Waals surface area contributed by atoms with Crippen LogP contribution in [-0.4, -0.2) is 27.1 Å². The minimum Gasteiger partial charge on any atom is -0.433 e. The lowest BCUT2D eigenvalue weighted by molar-refractivity contribution is -0.385. The maximum Gasteiger partial charge on any atom is 0.373 e. The number of anilines is 1. The Morgan fingerprint density at radius 2 is 2.17 bits per heavy atom. The van der Waals surface area contributed by atoms with Crippen molar-refractivity contribution in [2.24, 2.45) is 5.73 Å².